The Hall–Kier alpha value is -2.73. The summed E-state index contributed by atoms with van der Waals surface area (Å²) in [6.07, 6.45) is 1.55. The molecule has 0 unspecified atom stereocenters. The minimum absolute atomic E-state index is 0.0835. The van der Waals surface area contributed by atoms with Crippen molar-refractivity contribution in [3.05, 3.63) is 53.1 Å². The van der Waals surface area contributed by atoms with Gasteiger partial charge in [-0.25, -0.2) is 0 Å². The van der Waals surface area contributed by atoms with E-state index in [2.05, 4.69) is 10.2 Å². The van der Waals surface area contributed by atoms with Crippen molar-refractivity contribution in [3.8, 4) is 5.75 Å². The zero-order chi connectivity index (χ0) is 22.4. The summed E-state index contributed by atoms with van der Waals surface area (Å²) in [6, 6.07) is 12.6. The number of ether oxygens (including phenoxy) is 1. The summed E-state index contributed by atoms with van der Waals surface area (Å²) in [6.45, 7) is 8.82. The fourth-order valence-electron chi connectivity index (χ4n) is 3.57. The van der Waals surface area contributed by atoms with Gasteiger partial charge in [0, 0.05) is 43.9 Å². The third-order valence-electron chi connectivity index (χ3n) is 5.13. The summed E-state index contributed by atoms with van der Waals surface area (Å²) < 4.78 is 5.61. The number of anilines is 2. The second-order valence-corrected chi connectivity index (χ2v) is 8.34. The maximum atomic E-state index is 12.6. The summed E-state index contributed by atoms with van der Waals surface area (Å²) in [5.74, 6) is 0.744. The van der Waals surface area contributed by atoms with E-state index in [9.17, 15) is 9.59 Å². The van der Waals surface area contributed by atoms with E-state index in [1.54, 1.807) is 30.3 Å². The molecule has 0 aliphatic carbocycles. The lowest BCUT2D eigenvalue weighted by Crippen LogP contribution is -2.48. The van der Waals surface area contributed by atoms with Crippen molar-refractivity contribution >= 4 is 34.8 Å². The van der Waals surface area contributed by atoms with Gasteiger partial charge in [0.1, 0.15) is 5.75 Å². The Bertz CT molecular complexity index is 907. The van der Waals surface area contributed by atoms with Gasteiger partial charge in [-0.3, -0.25) is 9.59 Å². The quantitative estimate of drug-likeness (QED) is 0.665. The number of halogens is 1. The molecule has 1 fully saturated rings. The van der Waals surface area contributed by atoms with E-state index in [1.807, 2.05) is 37.8 Å². The number of nitrogens with zero attached hydrogens (tertiary/aromatic N) is 2. The van der Waals surface area contributed by atoms with Crippen molar-refractivity contribution in [3.63, 3.8) is 0 Å². The van der Waals surface area contributed by atoms with E-state index in [4.69, 9.17) is 16.3 Å². The third-order valence-corrected chi connectivity index (χ3v) is 5.43. The molecule has 1 N–H and O–H groups in total. The van der Waals surface area contributed by atoms with Crippen LogP contribution in [0.3, 0.4) is 0 Å². The average Bonchev–Trinajstić information content (AvgIpc) is 2.74. The van der Waals surface area contributed by atoms with Crippen LogP contribution in [0.1, 0.15) is 44.0 Å². The maximum Gasteiger partial charge on any atom is 0.255 e. The molecule has 166 valence electrons. The van der Waals surface area contributed by atoms with Gasteiger partial charge >= 0.3 is 0 Å². The molecule has 7 heteroatoms. The highest BCUT2D eigenvalue weighted by Crippen LogP contribution is 2.30. The first kappa shape index (κ1) is 22.9. The summed E-state index contributed by atoms with van der Waals surface area (Å²) in [7, 11) is 0. The molecule has 2 aromatic carbocycles. The molecule has 31 heavy (non-hydrogen) atoms. The van der Waals surface area contributed by atoms with Crippen LogP contribution < -0.4 is 15.0 Å². The zero-order valence-electron chi connectivity index (χ0n) is 18.4. The van der Waals surface area contributed by atoms with Crippen LogP contribution in [-0.4, -0.2) is 49.0 Å². The van der Waals surface area contributed by atoms with Gasteiger partial charge in [-0.2, -0.15) is 0 Å². The van der Waals surface area contributed by atoms with Gasteiger partial charge in [0.15, 0.2) is 0 Å². The second-order valence-electron chi connectivity index (χ2n) is 7.93. The van der Waals surface area contributed by atoms with Crippen LogP contribution in [0.5, 0.6) is 5.75 Å². The molecule has 0 saturated carbocycles. The Morgan fingerprint density at radius 1 is 1.06 bits per heavy atom. The van der Waals surface area contributed by atoms with E-state index >= 15 is 0 Å². The fraction of sp³-hybridized carbons (Fsp3) is 0.417. The van der Waals surface area contributed by atoms with Crippen LogP contribution in [0, 0.1) is 0 Å². The van der Waals surface area contributed by atoms with Crippen LogP contribution in [0.4, 0.5) is 11.4 Å². The topological polar surface area (TPSA) is 61.9 Å². The predicted octanol–water partition coefficient (Wildman–Crippen LogP) is 4.83. The zero-order valence-corrected chi connectivity index (χ0v) is 19.1. The molecule has 0 bridgehead atoms. The van der Waals surface area contributed by atoms with E-state index in [1.165, 1.54) is 0 Å². The standard InChI is InChI=1S/C24H30ClN3O3/c1-4-5-23(29)28-14-12-27(13-15-28)22-11-8-19(16-21(22)25)26-24(30)18-6-9-20(10-7-18)31-17(2)3/h6-11,16-17H,4-5,12-15H2,1-3H3,(H,26,30). The van der Waals surface area contributed by atoms with Crippen molar-refractivity contribution in [2.75, 3.05) is 36.4 Å². The minimum Gasteiger partial charge on any atom is -0.491 e. The second kappa shape index (κ2) is 10.5. The van der Waals surface area contributed by atoms with Crippen LogP contribution in [0.25, 0.3) is 0 Å². The molecule has 1 aliphatic heterocycles. The van der Waals surface area contributed by atoms with Crippen molar-refractivity contribution in [1.29, 1.82) is 0 Å². The van der Waals surface area contributed by atoms with Gasteiger partial charge in [0.05, 0.1) is 16.8 Å². The average molecular weight is 444 g/mol. The maximum absolute atomic E-state index is 12.6. The number of piperazine rings is 1. The lowest BCUT2D eigenvalue weighted by Gasteiger charge is -2.36. The van der Waals surface area contributed by atoms with Crippen molar-refractivity contribution in [2.45, 2.75) is 39.7 Å². The first-order valence-corrected chi connectivity index (χ1v) is 11.2. The number of benzene rings is 2. The lowest BCUT2D eigenvalue weighted by atomic mass is 10.2. The smallest absolute Gasteiger partial charge is 0.255 e. The van der Waals surface area contributed by atoms with Crippen LogP contribution in [0.15, 0.2) is 42.5 Å². The van der Waals surface area contributed by atoms with Crippen molar-refractivity contribution in [1.82, 2.24) is 4.90 Å². The monoisotopic (exact) mass is 443 g/mol. The van der Waals surface area contributed by atoms with Gasteiger partial charge in [-0.05, 0) is 62.7 Å². The molecule has 3 rings (SSSR count). The Balaban J connectivity index is 1.59. The molecule has 1 aliphatic rings. The number of hydrogen-bond acceptors (Lipinski definition) is 4. The minimum atomic E-state index is -0.206. The van der Waals surface area contributed by atoms with E-state index < -0.39 is 0 Å². The van der Waals surface area contributed by atoms with Crippen LogP contribution in [-0.2, 0) is 4.79 Å². The number of rotatable bonds is 7. The van der Waals surface area contributed by atoms with Gasteiger partial charge < -0.3 is 19.9 Å². The molecule has 1 saturated heterocycles. The molecular weight excluding hydrogens is 414 g/mol. The Morgan fingerprint density at radius 3 is 2.32 bits per heavy atom. The molecule has 2 amide bonds. The molecule has 0 spiro atoms. The van der Waals surface area contributed by atoms with Gasteiger partial charge in [-0.1, -0.05) is 18.5 Å². The summed E-state index contributed by atoms with van der Waals surface area (Å²) in [4.78, 5) is 28.7. The predicted molar refractivity (Wildman–Crippen MR) is 125 cm³/mol. The number of hydrogen-bond donors (Lipinski definition) is 1. The van der Waals surface area contributed by atoms with E-state index in [0.717, 1.165) is 30.9 Å². The molecule has 1 heterocycles. The molecule has 6 nitrogen and oxygen atoms in total. The SMILES string of the molecule is CCCC(=O)N1CCN(c2ccc(NC(=O)c3ccc(OC(C)C)cc3)cc2Cl)CC1. The number of carbonyl (C=O) groups is 2. The Morgan fingerprint density at radius 2 is 1.74 bits per heavy atom. The molecule has 0 aromatic heterocycles. The molecule has 0 radical (unpaired) electrons. The Labute approximate surface area is 189 Å². The highest BCUT2D eigenvalue weighted by molar-refractivity contribution is 6.33. The van der Waals surface area contributed by atoms with Crippen molar-refractivity contribution in [2.24, 2.45) is 0 Å². The normalized spacial score (nSPS) is 14.0. The Kier molecular flexibility index (Phi) is 7.80. The van der Waals surface area contributed by atoms with E-state index in [0.29, 0.717) is 35.8 Å². The van der Waals surface area contributed by atoms with Crippen molar-refractivity contribution < 1.29 is 14.3 Å². The van der Waals surface area contributed by atoms with Gasteiger partial charge in [-0.15, -0.1) is 0 Å². The van der Waals surface area contributed by atoms with Gasteiger partial charge in [0.25, 0.3) is 5.91 Å². The third kappa shape index (κ3) is 6.14. The number of amides is 2. The van der Waals surface area contributed by atoms with E-state index in [-0.39, 0.29) is 17.9 Å². The summed E-state index contributed by atoms with van der Waals surface area (Å²) in [5, 5.41) is 3.47. The first-order chi connectivity index (χ1) is 14.9. The van der Waals surface area contributed by atoms with Gasteiger partial charge in [0.2, 0.25) is 5.91 Å². The van der Waals surface area contributed by atoms with Crippen LogP contribution in [0.2, 0.25) is 5.02 Å². The molecular formula is C24H30ClN3O3. The molecule has 2 aromatic rings. The highest BCUT2D eigenvalue weighted by atomic mass is 35.5. The first-order valence-electron chi connectivity index (χ1n) is 10.8. The lowest BCUT2D eigenvalue weighted by molar-refractivity contribution is -0.131. The number of carbonyl (C=O) groups excluding carboxylic acids is 2. The fourth-order valence-corrected chi connectivity index (χ4v) is 3.87. The summed E-state index contributed by atoms with van der Waals surface area (Å²) in [5.41, 5.74) is 2.10. The largest absolute Gasteiger partial charge is 0.491 e. The number of nitrogens with one attached hydrogen (secondary N) is 1. The summed E-state index contributed by atoms with van der Waals surface area (Å²) >= 11 is 6.52. The van der Waals surface area contributed by atoms with Crippen LogP contribution >= 0.6 is 11.6 Å². The highest BCUT2D eigenvalue weighted by Gasteiger charge is 2.22. The molecule has 0 atom stereocenters.